The summed E-state index contributed by atoms with van der Waals surface area (Å²) in [5.74, 6) is 2.27. The summed E-state index contributed by atoms with van der Waals surface area (Å²) in [6.07, 6.45) is 4.83. The molecule has 3 rings (SSSR count). The van der Waals surface area contributed by atoms with Gasteiger partial charge in [-0.2, -0.15) is 4.98 Å². The van der Waals surface area contributed by atoms with Gasteiger partial charge < -0.3 is 9.84 Å². The average molecular weight is 250 g/mol. The Morgan fingerprint density at radius 1 is 1.39 bits per heavy atom. The predicted molar refractivity (Wildman–Crippen MR) is 68.2 cm³/mol. The molecule has 1 aliphatic heterocycles. The molecule has 1 saturated carbocycles. The van der Waals surface area contributed by atoms with Crippen LogP contribution in [0.3, 0.4) is 0 Å². The van der Waals surface area contributed by atoms with Crippen molar-refractivity contribution in [1.29, 1.82) is 0 Å². The molecule has 1 atom stereocenters. The zero-order valence-electron chi connectivity index (χ0n) is 11.1. The molecule has 2 heterocycles. The van der Waals surface area contributed by atoms with Crippen molar-refractivity contribution in [2.75, 3.05) is 19.6 Å². The monoisotopic (exact) mass is 250 g/mol. The summed E-state index contributed by atoms with van der Waals surface area (Å²) in [5, 5.41) is 7.55. The highest BCUT2D eigenvalue weighted by molar-refractivity contribution is 5.02. The highest BCUT2D eigenvalue weighted by atomic mass is 16.5. The molecule has 5 heteroatoms. The number of rotatable bonds is 6. The molecule has 0 aromatic carbocycles. The number of hydrogen-bond donors (Lipinski definition) is 1. The maximum atomic E-state index is 5.33. The van der Waals surface area contributed by atoms with Gasteiger partial charge in [-0.15, -0.1) is 0 Å². The minimum absolute atomic E-state index is 0.555. The molecule has 100 valence electrons. The van der Waals surface area contributed by atoms with E-state index in [0.717, 1.165) is 37.9 Å². The van der Waals surface area contributed by atoms with Crippen LogP contribution in [0.4, 0.5) is 0 Å². The summed E-state index contributed by atoms with van der Waals surface area (Å²) in [7, 11) is 0. The quantitative estimate of drug-likeness (QED) is 0.829. The van der Waals surface area contributed by atoms with Crippen LogP contribution in [-0.4, -0.2) is 40.7 Å². The van der Waals surface area contributed by atoms with Crippen LogP contribution in [0.2, 0.25) is 0 Å². The van der Waals surface area contributed by atoms with Crippen molar-refractivity contribution in [3.63, 3.8) is 0 Å². The number of hydrogen-bond acceptors (Lipinski definition) is 5. The molecule has 18 heavy (non-hydrogen) atoms. The van der Waals surface area contributed by atoms with Crippen molar-refractivity contribution < 1.29 is 4.52 Å². The van der Waals surface area contributed by atoms with Gasteiger partial charge in [0.2, 0.25) is 5.89 Å². The van der Waals surface area contributed by atoms with Gasteiger partial charge in [-0.3, -0.25) is 4.90 Å². The average Bonchev–Trinajstić information content (AvgIpc) is 2.92. The van der Waals surface area contributed by atoms with E-state index >= 15 is 0 Å². The first-order valence-corrected chi connectivity index (χ1v) is 7.14. The minimum Gasteiger partial charge on any atom is -0.339 e. The molecule has 2 fully saturated rings. The van der Waals surface area contributed by atoms with Crippen molar-refractivity contribution in [3.05, 3.63) is 11.7 Å². The largest absolute Gasteiger partial charge is 0.339 e. The van der Waals surface area contributed by atoms with E-state index in [4.69, 9.17) is 4.52 Å². The van der Waals surface area contributed by atoms with Gasteiger partial charge in [-0.25, -0.2) is 0 Å². The third-order valence-corrected chi connectivity index (χ3v) is 3.82. The zero-order valence-corrected chi connectivity index (χ0v) is 11.1. The standard InChI is InChI=1S/C13H22N4O/c1-2-7-17(11-5-6-14-8-11)9-12-15-13(18-16-12)10-3-4-10/h10-11,14H,2-9H2,1H3. The van der Waals surface area contributed by atoms with E-state index < -0.39 is 0 Å². The topological polar surface area (TPSA) is 54.2 Å². The molecule has 0 bridgehead atoms. The molecular weight excluding hydrogens is 228 g/mol. The van der Waals surface area contributed by atoms with Crippen molar-refractivity contribution >= 4 is 0 Å². The van der Waals surface area contributed by atoms with Crippen molar-refractivity contribution in [2.24, 2.45) is 0 Å². The Hall–Kier alpha value is -0.940. The third-order valence-electron chi connectivity index (χ3n) is 3.82. The Morgan fingerprint density at radius 3 is 2.94 bits per heavy atom. The van der Waals surface area contributed by atoms with Gasteiger partial charge in [0.1, 0.15) is 0 Å². The summed E-state index contributed by atoms with van der Waals surface area (Å²) in [4.78, 5) is 7.01. The molecular formula is C13H22N4O. The van der Waals surface area contributed by atoms with Crippen LogP contribution in [0.25, 0.3) is 0 Å². The lowest BCUT2D eigenvalue weighted by Gasteiger charge is -2.26. The number of nitrogens with one attached hydrogen (secondary N) is 1. The fourth-order valence-electron chi connectivity index (χ4n) is 2.64. The third kappa shape index (κ3) is 2.72. The summed E-state index contributed by atoms with van der Waals surface area (Å²) < 4.78 is 5.33. The first kappa shape index (κ1) is 12.1. The molecule has 1 unspecified atom stereocenters. The Bertz CT molecular complexity index is 382. The van der Waals surface area contributed by atoms with Crippen LogP contribution in [0.1, 0.15) is 50.2 Å². The first-order valence-electron chi connectivity index (χ1n) is 7.14. The zero-order chi connectivity index (χ0) is 12.4. The van der Waals surface area contributed by atoms with E-state index in [9.17, 15) is 0 Å². The van der Waals surface area contributed by atoms with E-state index in [2.05, 4.69) is 27.3 Å². The van der Waals surface area contributed by atoms with Gasteiger partial charge in [-0.05, 0) is 38.8 Å². The SMILES string of the molecule is CCCN(Cc1noc(C2CC2)n1)C1CCNC1. The fraction of sp³-hybridized carbons (Fsp3) is 0.846. The van der Waals surface area contributed by atoms with E-state index in [1.165, 1.54) is 25.7 Å². The fourth-order valence-corrected chi connectivity index (χ4v) is 2.64. The lowest BCUT2D eigenvalue weighted by atomic mass is 10.2. The van der Waals surface area contributed by atoms with Crippen LogP contribution in [0.5, 0.6) is 0 Å². The lowest BCUT2D eigenvalue weighted by molar-refractivity contribution is 0.192. The molecule has 1 aromatic heterocycles. The van der Waals surface area contributed by atoms with Gasteiger partial charge in [0.05, 0.1) is 6.54 Å². The first-order chi connectivity index (χ1) is 8.86. The molecule has 0 radical (unpaired) electrons. The molecule has 1 aromatic rings. The van der Waals surface area contributed by atoms with Crippen molar-refractivity contribution in [1.82, 2.24) is 20.4 Å². The van der Waals surface area contributed by atoms with Crippen LogP contribution < -0.4 is 5.32 Å². The summed E-state index contributed by atoms with van der Waals surface area (Å²) in [5.41, 5.74) is 0. The summed E-state index contributed by atoms with van der Waals surface area (Å²) >= 11 is 0. The summed E-state index contributed by atoms with van der Waals surface area (Å²) in [6.45, 7) is 6.38. The van der Waals surface area contributed by atoms with Crippen molar-refractivity contribution in [2.45, 2.75) is 51.1 Å². The maximum absolute atomic E-state index is 5.33. The number of nitrogens with zero attached hydrogens (tertiary/aromatic N) is 3. The highest BCUT2D eigenvalue weighted by Gasteiger charge is 2.30. The second-order valence-corrected chi connectivity index (χ2v) is 5.44. The van der Waals surface area contributed by atoms with E-state index in [0.29, 0.717) is 12.0 Å². The normalized spacial score (nSPS) is 24.0. The molecule has 1 aliphatic carbocycles. The van der Waals surface area contributed by atoms with E-state index in [-0.39, 0.29) is 0 Å². The molecule has 0 spiro atoms. The van der Waals surface area contributed by atoms with E-state index in [1.54, 1.807) is 0 Å². The van der Waals surface area contributed by atoms with E-state index in [1.807, 2.05) is 0 Å². The maximum Gasteiger partial charge on any atom is 0.229 e. The number of aromatic nitrogens is 2. The van der Waals surface area contributed by atoms with Crippen LogP contribution in [0.15, 0.2) is 4.52 Å². The van der Waals surface area contributed by atoms with Crippen LogP contribution >= 0.6 is 0 Å². The lowest BCUT2D eigenvalue weighted by Crippen LogP contribution is -2.37. The van der Waals surface area contributed by atoms with Gasteiger partial charge in [0, 0.05) is 18.5 Å². The van der Waals surface area contributed by atoms with Crippen LogP contribution in [0, 0.1) is 0 Å². The Morgan fingerprint density at radius 2 is 2.28 bits per heavy atom. The minimum atomic E-state index is 0.555. The second kappa shape index (κ2) is 5.36. The summed E-state index contributed by atoms with van der Waals surface area (Å²) in [6, 6.07) is 0.632. The predicted octanol–water partition coefficient (Wildman–Crippen LogP) is 1.52. The van der Waals surface area contributed by atoms with Crippen LogP contribution in [-0.2, 0) is 6.54 Å². The molecule has 1 N–H and O–H groups in total. The molecule has 1 saturated heterocycles. The van der Waals surface area contributed by atoms with Gasteiger partial charge >= 0.3 is 0 Å². The molecule has 5 nitrogen and oxygen atoms in total. The van der Waals surface area contributed by atoms with Gasteiger partial charge in [0.15, 0.2) is 5.82 Å². The molecule has 0 amide bonds. The Kier molecular flexibility index (Phi) is 3.61. The van der Waals surface area contributed by atoms with Crippen molar-refractivity contribution in [3.8, 4) is 0 Å². The highest BCUT2D eigenvalue weighted by Crippen LogP contribution is 2.38. The second-order valence-electron chi connectivity index (χ2n) is 5.44. The van der Waals surface area contributed by atoms with Gasteiger partial charge in [-0.1, -0.05) is 12.1 Å². The smallest absolute Gasteiger partial charge is 0.229 e. The Balaban J connectivity index is 1.62. The van der Waals surface area contributed by atoms with Gasteiger partial charge in [0.25, 0.3) is 0 Å². The molecule has 2 aliphatic rings. The Labute approximate surface area is 108 Å².